The van der Waals surface area contributed by atoms with E-state index in [0.29, 0.717) is 36.8 Å². The minimum atomic E-state index is -4.40. The van der Waals surface area contributed by atoms with E-state index in [0.717, 1.165) is 12.6 Å². The number of halogens is 3. The van der Waals surface area contributed by atoms with Gasteiger partial charge in [-0.25, -0.2) is 4.98 Å². The molecule has 0 aliphatic carbocycles. The van der Waals surface area contributed by atoms with Crippen LogP contribution in [0.1, 0.15) is 17.9 Å². The maximum atomic E-state index is 12.8. The molecule has 8 nitrogen and oxygen atoms in total. The van der Waals surface area contributed by atoms with Crippen LogP contribution in [-0.2, 0) is 19.1 Å². The molecule has 0 unspecified atom stereocenters. The number of aromatic nitrogens is 7. The number of tetrazole rings is 1. The van der Waals surface area contributed by atoms with Crippen LogP contribution in [-0.4, -0.2) is 48.4 Å². The van der Waals surface area contributed by atoms with Crippen LogP contribution in [0.3, 0.4) is 0 Å². The molecule has 4 rings (SSSR count). The van der Waals surface area contributed by atoms with Gasteiger partial charge < -0.3 is 9.47 Å². The first-order valence-electron chi connectivity index (χ1n) is 7.80. The molecule has 132 valence electrons. The molecule has 1 aliphatic rings. The van der Waals surface area contributed by atoms with E-state index in [1.165, 1.54) is 4.63 Å². The van der Waals surface area contributed by atoms with E-state index in [9.17, 15) is 13.2 Å². The SMILES string of the molecule is CN(C[C@H]1CCc2nc(C(F)(F)F)cn2C1)c1ccc2nnnn2n1. The van der Waals surface area contributed by atoms with Gasteiger partial charge >= 0.3 is 6.18 Å². The number of hydrogen-bond acceptors (Lipinski definition) is 6. The molecule has 0 amide bonds. The Labute approximate surface area is 140 Å². The van der Waals surface area contributed by atoms with Crippen molar-refractivity contribution in [2.45, 2.75) is 25.6 Å². The highest BCUT2D eigenvalue weighted by atomic mass is 19.4. The second kappa shape index (κ2) is 5.67. The summed E-state index contributed by atoms with van der Waals surface area (Å²) in [6.45, 7) is 1.18. The van der Waals surface area contributed by atoms with Gasteiger partial charge in [0.25, 0.3) is 0 Å². The molecule has 1 atom stereocenters. The van der Waals surface area contributed by atoms with Crippen molar-refractivity contribution in [1.82, 2.24) is 34.8 Å². The summed E-state index contributed by atoms with van der Waals surface area (Å²) in [5.41, 5.74) is -0.264. The van der Waals surface area contributed by atoms with Crippen LogP contribution in [0, 0.1) is 5.92 Å². The number of alkyl halides is 3. The van der Waals surface area contributed by atoms with E-state index in [4.69, 9.17) is 0 Å². The van der Waals surface area contributed by atoms with Crippen molar-refractivity contribution in [2.75, 3.05) is 18.5 Å². The van der Waals surface area contributed by atoms with Crippen molar-refractivity contribution in [3.05, 3.63) is 29.8 Å². The quantitative estimate of drug-likeness (QED) is 0.710. The van der Waals surface area contributed by atoms with Crippen molar-refractivity contribution in [2.24, 2.45) is 5.92 Å². The fourth-order valence-corrected chi connectivity index (χ4v) is 3.12. The van der Waals surface area contributed by atoms with Crippen molar-refractivity contribution >= 4 is 11.5 Å². The highest BCUT2D eigenvalue weighted by Crippen LogP contribution is 2.31. The molecule has 3 aromatic rings. The number of hydrogen-bond donors (Lipinski definition) is 0. The third-order valence-corrected chi connectivity index (χ3v) is 4.36. The van der Waals surface area contributed by atoms with Gasteiger partial charge in [-0.3, -0.25) is 0 Å². The van der Waals surface area contributed by atoms with Crippen LogP contribution >= 0.6 is 0 Å². The van der Waals surface area contributed by atoms with Crippen LogP contribution in [0.4, 0.5) is 19.0 Å². The fraction of sp³-hybridized carbons (Fsp3) is 0.500. The summed E-state index contributed by atoms with van der Waals surface area (Å²) in [5.74, 6) is 1.41. The van der Waals surface area contributed by atoms with E-state index in [-0.39, 0.29) is 5.92 Å². The van der Waals surface area contributed by atoms with Gasteiger partial charge in [-0.1, -0.05) is 0 Å². The van der Waals surface area contributed by atoms with Gasteiger partial charge in [-0.2, -0.15) is 13.2 Å². The molecule has 0 saturated heterocycles. The summed E-state index contributed by atoms with van der Waals surface area (Å²) in [6, 6.07) is 3.59. The Balaban J connectivity index is 1.47. The number of fused-ring (bicyclic) bond motifs is 2. The lowest BCUT2D eigenvalue weighted by Crippen LogP contribution is -2.32. The van der Waals surface area contributed by atoms with Gasteiger partial charge in [0.05, 0.1) is 0 Å². The van der Waals surface area contributed by atoms with Crippen LogP contribution < -0.4 is 4.90 Å². The summed E-state index contributed by atoms with van der Waals surface area (Å²) in [7, 11) is 1.89. The van der Waals surface area contributed by atoms with Crippen molar-refractivity contribution < 1.29 is 13.2 Å². The average molecular weight is 352 g/mol. The first-order chi connectivity index (χ1) is 11.9. The van der Waals surface area contributed by atoms with Crippen molar-refractivity contribution in [3.8, 4) is 0 Å². The average Bonchev–Trinajstić information content (AvgIpc) is 3.19. The minimum Gasteiger partial charge on any atom is -0.358 e. The number of rotatable bonds is 3. The van der Waals surface area contributed by atoms with E-state index in [2.05, 4.69) is 25.6 Å². The maximum Gasteiger partial charge on any atom is 0.434 e. The molecular formula is C14H15F3N8. The highest BCUT2D eigenvalue weighted by molar-refractivity contribution is 5.43. The maximum absolute atomic E-state index is 12.8. The number of nitrogens with zero attached hydrogens (tertiary/aromatic N) is 8. The summed E-state index contributed by atoms with van der Waals surface area (Å²) in [4.78, 5) is 5.67. The molecule has 0 N–H and O–H groups in total. The second-order valence-corrected chi connectivity index (χ2v) is 6.20. The Hall–Kier alpha value is -2.72. The zero-order valence-electron chi connectivity index (χ0n) is 13.3. The zero-order valence-corrected chi connectivity index (χ0v) is 13.3. The Morgan fingerprint density at radius 3 is 2.96 bits per heavy atom. The third-order valence-electron chi connectivity index (χ3n) is 4.36. The number of anilines is 1. The zero-order chi connectivity index (χ0) is 17.6. The first kappa shape index (κ1) is 15.8. The molecule has 0 aromatic carbocycles. The Kier molecular flexibility index (Phi) is 3.58. The van der Waals surface area contributed by atoms with Gasteiger partial charge in [0.1, 0.15) is 5.82 Å². The fourth-order valence-electron chi connectivity index (χ4n) is 3.12. The molecule has 4 heterocycles. The largest absolute Gasteiger partial charge is 0.434 e. The van der Waals surface area contributed by atoms with Crippen LogP contribution in [0.15, 0.2) is 18.3 Å². The predicted octanol–water partition coefficient (Wildman–Crippen LogP) is 1.43. The van der Waals surface area contributed by atoms with Crippen LogP contribution in [0.25, 0.3) is 5.65 Å². The molecule has 11 heteroatoms. The number of aryl methyl sites for hydroxylation is 1. The molecule has 1 aliphatic heterocycles. The van der Waals surface area contributed by atoms with Gasteiger partial charge in [-0.15, -0.1) is 14.8 Å². The Morgan fingerprint density at radius 1 is 1.32 bits per heavy atom. The monoisotopic (exact) mass is 352 g/mol. The van der Waals surface area contributed by atoms with Gasteiger partial charge in [0.15, 0.2) is 17.2 Å². The molecule has 25 heavy (non-hydrogen) atoms. The first-order valence-corrected chi connectivity index (χ1v) is 7.80. The lowest BCUT2D eigenvalue weighted by Gasteiger charge is -2.28. The Morgan fingerprint density at radius 2 is 2.16 bits per heavy atom. The highest BCUT2D eigenvalue weighted by Gasteiger charge is 2.35. The summed E-state index contributed by atoms with van der Waals surface area (Å²) in [5, 5.41) is 15.4. The summed E-state index contributed by atoms with van der Waals surface area (Å²) >= 11 is 0. The van der Waals surface area contributed by atoms with E-state index in [1.807, 2.05) is 18.0 Å². The van der Waals surface area contributed by atoms with Crippen LogP contribution in [0.2, 0.25) is 0 Å². The van der Waals surface area contributed by atoms with Gasteiger partial charge in [0, 0.05) is 32.8 Å². The van der Waals surface area contributed by atoms with E-state index < -0.39 is 11.9 Å². The number of imidazole rings is 1. The molecule has 0 bridgehead atoms. The second-order valence-electron chi connectivity index (χ2n) is 6.20. The van der Waals surface area contributed by atoms with Crippen molar-refractivity contribution in [3.63, 3.8) is 0 Å². The van der Waals surface area contributed by atoms with Gasteiger partial charge in [0.2, 0.25) is 0 Å². The molecular weight excluding hydrogens is 337 g/mol. The van der Waals surface area contributed by atoms with Gasteiger partial charge in [-0.05, 0) is 34.9 Å². The molecule has 0 spiro atoms. The van der Waals surface area contributed by atoms with E-state index >= 15 is 0 Å². The predicted molar refractivity (Wildman–Crippen MR) is 80.9 cm³/mol. The van der Waals surface area contributed by atoms with Crippen molar-refractivity contribution in [1.29, 1.82) is 0 Å². The summed E-state index contributed by atoms with van der Waals surface area (Å²) in [6.07, 6.45) is -1.98. The van der Waals surface area contributed by atoms with E-state index in [1.54, 1.807) is 10.6 Å². The lowest BCUT2D eigenvalue weighted by atomic mass is 9.99. The Bertz CT molecular complexity index is 899. The standard InChI is InChI=1S/C14H15F3N8/c1-23(13-5-4-12-19-21-22-25(12)20-13)6-9-2-3-11-18-10(14(15,16)17)8-24(11)7-9/h4-5,8-9H,2-3,6-7H2,1H3/t9-/m1/s1. The topological polar surface area (TPSA) is 77.0 Å². The molecule has 0 fully saturated rings. The lowest BCUT2D eigenvalue weighted by molar-refractivity contribution is -0.141. The minimum absolute atomic E-state index is 0.208. The smallest absolute Gasteiger partial charge is 0.358 e. The van der Waals surface area contributed by atoms with Crippen LogP contribution in [0.5, 0.6) is 0 Å². The molecule has 3 aromatic heterocycles. The normalized spacial score (nSPS) is 17.7. The molecule has 0 saturated carbocycles. The third kappa shape index (κ3) is 3.01. The molecule has 0 radical (unpaired) electrons. The summed E-state index contributed by atoms with van der Waals surface area (Å²) < 4.78 is 41.3.